The third-order valence-corrected chi connectivity index (χ3v) is 2.60. The number of ether oxygens (including phenoxy) is 1. The van der Waals surface area contributed by atoms with Gasteiger partial charge >= 0.3 is 6.09 Å². The monoisotopic (exact) mass is 199 g/mol. The van der Waals surface area contributed by atoms with Crippen LogP contribution in [0.15, 0.2) is 17.5 Å². The van der Waals surface area contributed by atoms with Gasteiger partial charge in [-0.2, -0.15) is 0 Å². The van der Waals surface area contributed by atoms with Gasteiger partial charge in [0.05, 0.1) is 13.7 Å². The minimum Gasteiger partial charge on any atom is -0.453 e. The quantitative estimate of drug-likeness (QED) is 0.747. The highest BCUT2D eigenvalue weighted by molar-refractivity contribution is 7.09. The molecule has 1 rings (SSSR count). The van der Waals surface area contributed by atoms with Gasteiger partial charge in [-0.15, -0.1) is 11.3 Å². The molecule has 0 aliphatic heterocycles. The van der Waals surface area contributed by atoms with Gasteiger partial charge in [0.15, 0.2) is 0 Å². The summed E-state index contributed by atoms with van der Waals surface area (Å²) in [5.74, 6) is 0. The van der Waals surface area contributed by atoms with E-state index in [2.05, 4.69) is 4.74 Å². The third-order valence-electron chi connectivity index (χ3n) is 1.74. The molecule has 72 valence electrons. The first kappa shape index (κ1) is 10.1. The van der Waals surface area contributed by atoms with Crippen molar-refractivity contribution in [3.63, 3.8) is 0 Å². The molecule has 13 heavy (non-hydrogen) atoms. The molecule has 1 aromatic heterocycles. The third kappa shape index (κ3) is 2.73. The van der Waals surface area contributed by atoms with E-state index >= 15 is 0 Å². The van der Waals surface area contributed by atoms with Gasteiger partial charge in [-0.25, -0.2) is 4.79 Å². The minimum absolute atomic E-state index is 0.268. The van der Waals surface area contributed by atoms with Crippen LogP contribution in [0.2, 0.25) is 0 Å². The molecule has 4 heteroatoms. The fraction of sp³-hybridized carbons (Fsp3) is 0.444. The highest BCUT2D eigenvalue weighted by Gasteiger charge is 2.11. The van der Waals surface area contributed by atoms with Crippen LogP contribution in [-0.4, -0.2) is 24.6 Å². The average Bonchev–Trinajstić information content (AvgIpc) is 2.65. The smallest absolute Gasteiger partial charge is 0.409 e. The second-order valence-electron chi connectivity index (χ2n) is 2.56. The first-order valence-electron chi connectivity index (χ1n) is 4.13. The molecule has 1 aromatic rings. The molecule has 1 heterocycles. The first-order chi connectivity index (χ1) is 6.27. The van der Waals surface area contributed by atoms with Gasteiger partial charge < -0.3 is 9.64 Å². The van der Waals surface area contributed by atoms with E-state index in [1.54, 1.807) is 16.2 Å². The molecule has 0 saturated carbocycles. The van der Waals surface area contributed by atoms with Crippen molar-refractivity contribution >= 4 is 17.4 Å². The van der Waals surface area contributed by atoms with Crippen molar-refractivity contribution in [3.05, 3.63) is 22.4 Å². The molecule has 0 aliphatic rings. The second-order valence-corrected chi connectivity index (χ2v) is 3.60. The summed E-state index contributed by atoms with van der Waals surface area (Å²) in [5, 5.41) is 2.00. The van der Waals surface area contributed by atoms with E-state index < -0.39 is 0 Å². The largest absolute Gasteiger partial charge is 0.453 e. The topological polar surface area (TPSA) is 29.5 Å². The summed E-state index contributed by atoms with van der Waals surface area (Å²) in [6.07, 6.45) is -0.268. The van der Waals surface area contributed by atoms with Crippen LogP contribution in [0, 0.1) is 0 Å². The van der Waals surface area contributed by atoms with Crippen LogP contribution >= 0.6 is 11.3 Å². The van der Waals surface area contributed by atoms with E-state index in [1.807, 2.05) is 24.4 Å². The lowest BCUT2D eigenvalue weighted by molar-refractivity contribution is 0.123. The van der Waals surface area contributed by atoms with Gasteiger partial charge in [0.2, 0.25) is 0 Å². The lowest BCUT2D eigenvalue weighted by Gasteiger charge is -2.17. The normalized spacial score (nSPS) is 9.69. The number of carbonyl (C=O) groups excluding carboxylic acids is 1. The van der Waals surface area contributed by atoms with Crippen LogP contribution < -0.4 is 0 Å². The van der Waals surface area contributed by atoms with Crippen LogP contribution in [0.3, 0.4) is 0 Å². The molecule has 0 aromatic carbocycles. The molecular weight excluding hydrogens is 186 g/mol. The van der Waals surface area contributed by atoms with Crippen LogP contribution in [0.25, 0.3) is 0 Å². The number of carbonyl (C=O) groups is 1. The Hall–Kier alpha value is -1.03. The average molecular weight is 199 g/mol. The van der Waals surface area contributed by atoms with Crippen molar-refractivity contribution in [2.24, 2.45) is 0 Å². The summed E-state index contributed by atoms with van der Waals surface area (Å²) in [6, 6.07) is 3.99. The van der Waals surface area contributed by atoms with Gasteiger partial charge in [0, 0.05) is 11.4 Å². The summed E-state index contributed by atoms with van der Waals surface area (Å²) in [5.41, 5.74) is 0. The van der Waals surface area contributed by atoms with Crippen LogP contribution in [0.5, 0.6) is 0 Å². The molecule has 0 radical (unpaired) electrons. The Morgan fingerprint density at radius 3 is 2.92 bits per heavy atom. The lowest BCUT2D eigenvalue weighted by Crippen LogP contribution is -2.29. The molecular formula is C9H13NO2S. The molecule has 0 bridgehead atoms. The molecule has 0 N–H and O–H groups in total. The second kappa shape index (κ2) is 4.87. The molecule has 0 saturated heterocycles. The standard InChI is InChI=1S/C9H13NO2S/c1-3-10(9(11)12-2)7-8-5-4-6-13-8/h4-6H,3,7H2,1-2H3. The van der Waals surface area contributed by atoms with Crippen molar-refractivity contribution < 1.29 is 9.53 Å². The van der Waals surface area contributed by atoms with E-state index in [0.717, 1.165) is 0 Å². The molecule has 0 atom stereocenters. The first-order valence-corrected chi connectivity index (χ1v) is 5.01. The maximum absolute atomic E-state index is 11.2. The number of nitrogens with zero attached hydrogens (tertiary/aromatic N) is 1. The molecule has 0 aliphatic carbocycles. The predicted octanol–water partition coefficient (Wildman–Crippen LogP) is 2.34. The Balaban J connectivity index is 2.54. The summed E-state index contributed by atoms with van der Waals surface area (Å²) in [6.45, 7) is 3.25. The Kier molecular flexibility index (Phi) is 3.76. The highest BCUT2D eigenvalue weighted by atomic mass is 32.1. The zero-order valence-corrected chi connectivity index (χ0v) is 8.63. The van der Waals surface area contributed by atoms with Crippen molar-refractivity contribution in [3.8, 4) is 0 Å². The number of hydrogen-bond donors (Lipinski definition) is 0. The molecule has 0 fully saturated rings. The van der Waals surface area contributed by atoms with Crippen molar-refractivity contribution in [1.82, 2.24) is 4.90 Å². The van der Waals surface area contributed by atoms with E-state index in [9.17, 15) is 4.79 Å². The zero-order chi connectivity index (χ0) is 9.68. The SMILES string of the molecule is CCN(Cc1cccs1)C(=O)OC. The fourth-order valence-corrected chi connectivity index (χ4v) is 1.74. The molecule has 0 spiro atoms. The Morgan fingerprint density at radius 2 is 2.46 bits per heavy atom. The number of thiophene rings is 1. The molecule has 3 nitrogen and oxygen atoms in total. The van der Waals surface area contributed by atoms with E-state index in [4.69, 9.17) is 0 Å². The van der Waals surface area contributed by atoms with E-state index in [0.29, 0.717) is 13.1 Å². The van der Waals surface area contributed by atoms with Crippen LogP contribution in [0.4, 0.5) is 4.79 Å². The van der Waals surface area contributed by atoms with Crippen LogP contribution in [-0.2, 0) is 11.3 Å². The molecule has 0 unspecified atom stereocenters. The van der Waals surface area contributed by atoms with Gasteiger partial charge in [-0.1, -0.05) is 6.07 Å². The van der Waals surface area contributed by atoms with Crippen LogP contribution in [0.1, 0.15) is 11.8 Å². The van der Waals surface area contributed by atoms with Gasteiger partial charge in [0.25, 0.3) is 0 Å². The fourth-order valence-electron chi connectivity index (χ4n) is 1.03. The maximum Gasteiger partial charge on any atom is 0.409 e. The predicted molar refractivity (Wildman–Crippen MR) is 52.8 cm³/mol. The number of rotatable bonds is 3. The minimum atomic E-state index is -0.268. The highest BCUT2D eigenvalue weighted by Crippen LogP contribution is 2.11. The molecule has 1 amide bonds. The van der Waals surface area contributed by atoms with Gasteiger partial charge in [-0.05, 0) is 18.4 Å². The van der Waals surface area contributed by atoms with Gasteiger partial charge in [0.1, 0.15) is 0 Å². The lowest BCUT2D eigenvalue weighted by atomic mass is 10.4. The van der Waals surface area contributed by atoms with Gasteiger partial charge in [-0.3, -0.25) is 0 Å². The maximum atomic E-state index is 11.2. The number of amides is 1. The number of hydrogen-bond acceptors (Lipinski definition) is 3. The Morgan fingerprint density at radius 1 is 1.69 bits per heavy atom. The summed E-state index contributed by atoms with van der Waals surface area (Å²) in [7, 11) is 1.40. The van der Waals surface area contributed by atoms with Crippen molar-refractivity contribution in [2.45, 2.75) is 13.5 Å². The summed E-state index contributed by atoms with van der Waals surface area (Å²) >= 11 is 1.65. The zero-order valence-electron chi connectivity index (χ0n) is 7.82. The summed E-state index contributed by atoms with van der Waals surface area (Å²) in [4.78, 5) is 14.0. The van der Waals surface area contributed by atoms with E-state index in [1.165, 1.54) is 12.0 Å². The number of methoxy groups -OCH3 is 1. The summed E-state index contributed by atoms with van der Waals surface area (Å²) < 4.78 is 4.64. The van der Waals surface area contributed by atoms with Crippen molar-refractivity contribution in [2.75, 3.05) is 13.7 Å². The Labute approximate surface area is 81.9 Å². The Bertz CT molecular complexity index is 259. The van der Waals surface area contributed by atoms with E-state index in [-0.39, 0.29) is 6.09 Å². The van der Waals surface area contributed by atoms with Crippen molar-refractivity contribution in [1.29, 1.82) is 0 Å².